The lowest BCUT2D eigenvalue weighted by molar-refractivity contribution is -0.136. The van der Waals surface area contributed by atoms with Crippen LogP contribution in [0.1, 0.15) is 43.5 Å². The van der Waals surface area contributed by atoms with E-state index in [1.807, 2.05) is 50.1 Å². The van der Waals surface area contributed by atoms with Crippen LogP contribution in [-0.2, 0) is 11.2 Å². The summed E-state index contributed by atoms with van der Waals surface area (Å²) in [6.45, 7) is 7.31. The summed E-state index contributed by atoms with van der Waals surface area (Å²) in [5.41, 5.74) is 3.37. The molecule has 1 aromatic carbocycles. The first-order chi connectivity index (χ1) is 11.6. The van der Waals surface area contributed by atoms with E-state index >= 15 is 0 Å². The lowest BCUT2D eigenvalue weighted by Gasteiger charge is -2.33. The summed E-state index contributed by atoms with van der Waals surface area (Å²) in [5, 5.41) is 0. The molecule has 0 fully saturated rings. The maximum atomic E-state index is 12.8. The van der Waals surface area contributed by atoms with Gasteiger partial charge in [0.15, 0.2) is 0 Å². The van der Waals surface area contributed by atoms with Crippen molar-refractivity contribution in [3.05, 3.63) is 59.4 Å². The van der Waals surface area contributed by atoms with Gasteiger partial charge in [-0.1, -0.05) is 26.0 Å². The van der Waals surface area contributed by atoms with Gasteiger partial charge in [-0.2, -0.15) is 0 Å². The topological polar surface area (TPSA) is 42.4 Å². The standard InChI is InChI=1S/C20H24N2O2/c1-4-22(20(23)14(2)3)19(17-6-5-10-21-13-17)16-7-8-18-15(12-16)9-11-24-18/h5-8,10,12-14,19H,4,9,11H2,1-3H3. The van der Waals surface area contributed by atoms with Crippen molar-refractivity contribution < 1.29 is 9.53 Å². The predicted octanol–water partition coefficient (Wildman–Crippen LogP) is 3.61. The van der Waals surface area contributed by atoms with Gasteiger partial charge < -0.3 is 9.64 Å². The van der Waals surface area contributed by atoms with Crippen molar-refractivity contribution >= 4 is 5.91 Å². The number of rotatable bonds is 5. The van der Waals surface area contributed by atoms with Crippen LogP contribution in [0.15, 0.2) is 42.7 Å². The molecule has 4 nitrogen and oxygen atoms in total. The Labute approximate surface area is 143 Å². The minimum absolute atomic E-state index is 0.0399. The molecule has 0 spiro atoms. The third-order valence-electron chi connectivity index (χ3n) is 4.46. The first-order valence-corrected chi connectivity index (χ1v) is 8.57. The van der Waals surface area contributed by atoms with E-state index < -0.39 is 0 Å². The Hall–Kier alpha value is -2.36. The van der Waals surface area contributed by atoms with Crippen LogP contribution in [0, 0.1) is 5.92 Å². The van der Waals surface area contributed by atoms with Crippen molar-refractivity contribution in [2.45, 2.75) is 33.2 Å². The largest absolute Gasteiger partial charge is 0.493 e. The monoisotopic (exact) mass is 324 g/mol. The normalized spacial score (nSPS) is 14.2. The Kier molecular flexibility index (Phi) is 4.84. The highest BCUT2D eigenvalue weighted by molar-refractivity contribution is 5.79. The number of hydrogen-bond donors (Lipinski definition) is 0. The molecule has 126 valence electrons. The number of nitrogens with zero attached hydrogens (tertiary/aromatic N) is 2. The van der Waals surface area contributed by atoms with E-state index in [9.17, 15) is 4.79 Å². The summed E-state index contributed by atoms with van der Waals surface area (Å²) in [4.78, 5) is 19.0. The Bertz CT molecular complexity index is 713. The number of benzene rings is 1. The molecule has 0 radical (unpaired) electrons. The smallest absolute Gasteiger partial charge is 0.225 e. The molecule has 4 heteroatoms. The molecule has 2 aromatic rings. The van der Waals surface area contributed by atoms with Crippen LogP contribution in [0.4, 0.5) is 0 Å². The molecule has 0 N–H and O–H groups in total. The van der Waals surface area contributed by atoms with Crippen molar-refractivity contribution in [2.24, 2.45) is 5.92 Å². The fourth-order valence-electron chi connectivity index (χ4n) is 3.26. The molecule has 1 amide bonds. The summed E-state index contributed by atoms with van der Waals surface area (Å²) in [5.74, 6) is 1.08. The van der Waals surface area contributed by atoms with Crippen LogP contribution in [0.25, 0.3) is 0 Å². The minimum atomic E-state index is -0.121. The van der Waals surface area contributed by atoms with Crippen molar-refractivity contribution in [2.75, 3.05) is 13.2 Å². The molecule has 1 aliphatic rings. The average Bonchev–Trinajstić information content (AvgIpc) is 3.07. The highest BCUT2D eigenvalue weighted by atomic mass is 16.5. The highest BCUT2D eigenvalue weighted by Crippen LogP contribution is 2.34. The number of aromatic nitrogens is 1. The summed E-state index contributed by atoms with van der Waals surface area (Å²) in [6.07, 6.45) is 4.54. The molecule has 0 bridgehead atoms. The van der Waals surface area contributed by atoms with Gasteiger partial charge in [-0.25, -0.2) is 0 Å². The molecule has 2 heterocycles. The second-order valence-electron chi connectivity index (χ2n) is 6.43. The average molecular weight is 324 g/mol. The third kappa shape index (κ3) is 3.14. The number of carbonyl (C=O) groups is 1. The van der Waals surface area contributed by atoms with E-state index in [0.717, 1.165) is 29.9 Å². The van der Waals surface area contributed by atoms with Crippen LogP contribution in [-0.4, -0.2) is 28.9 Å². The van der Waals surface area contributed by atoms with Gasteiger partial charge >= 0.3 is 0 Å². The number of pyridine rings is 1. The van der Waals surface area contributed by atoms with Crippen molar-refractivity contribution in [3.63, 3.8) is 0 Å². The van der Waals surface area contributed by atoms with E-state index in [-0.39, 0.29) is 17.9 Å². The Balaban J connectivity index is 2.07. The van der Waals surface area contributed by atoms with Crippen molar-refractivity contribution in [1.29, 1.82) is 0 Å². The van der Waals surface area contributed by atoms with E-state index in [1.165, 1.54) is 5.56 Å². The van der Waals surface area contributed by atoms with Gasteiger partial charge in [0, 0.05) is 31.3 Å². The number of carbonyl (C=O) groups excluding carboxylic acids is 1. The molecule has 0 aliphatic carbocycles. The second kappa shape index (κ2) is 7.04. The van der Waals surface area contributed by atoms with Gasteiger partial charge in [-0.05, 0) is 41.8 Å². The molecule has 24 heavy (non-hydrogen) atoms. The first kappa shape index (κ1) is 16.5. The molecule has 1 unspecified atom stereocenters. The summed E-state index contributed by atoms with van der Waals surface area (Å²) < 4.78 is 5.62. The van der Waals surface area contributed by atoms with Crippen LogP contribution >= 0.6 is 0 Å². The molecule has 1 aromatic heterocycles. The number of hydrogen-bond acceptors (Lipinski definition) is 3. The molecule has 1 aliphatic heterocycles. The summed E-state index contributed by atoms with van der Waals surface area (Å²) in [7, 11) is 0. The van der Waals surface area contributed by atoms with Crippen molar-refractivity contribution in [1.82, 2.24) is 9.88 Å². The predicted molar refractivity (Wildman–Crippen MR) is 93.9 cm³/mol. The SMILES string of the molecule is CCN(C(=O)C(C)C)C(c1cccnc1)c1ccc2c(c1)CCO2. The van der Waals surface area contributed by atoms with E-state index in [0.29, 0.717) is 6.54 Å². The number of ether oxygens (including phenoxy) is 1. The fourth-order valence-corrected chi connectivity index (χ4v) is 3.26. The van der Waals surface area contributed by atoms with Gasteiger partial charge in [-0.3, -0.25) is 9.78 Å². The summed E-state index contributed by atoms with van der Waals surface area (Å²) in [6, 6.07) is 10.1. The Morgan fingerprint density at radius 2 is 2.12 bits per heavy atom. The second-order valence-corrected chi connectivity index (χ2v) is 6.43. The Morgan fingerprint density at radius 3 is 2.79 bits per heavy atom. The molecule has 0 saturated heterocycles. The first-order valence-electron chi connectivity index (χ1n) is 8.57. The minimum Gasteiger partial charge on any atom is -0.493 e. The molecule has 0 saturated carbocycles. The fraction of sp³-hybridized carbons (Fsp3) is 0.400. The summed E-state index contributed by atoms with van der Waals surface area (Å²) >= 11 is 0. The third-order valence-corrected chi connectivity index (χ3v) is 4.46. The van der Waals surface area contributed by atoms with Gasteiger partial charge in [0.25, 0.3) is 0 Å². The zero-order chi connectivity index (χ0) is 17.1. The Morgan fingerprint density at radius 1 is 1.29 bits per heavy atom. The van der Waals surface area contributed by atoms with Crippen LogP contribution in [0.2, 0.25) is 0 Å². The van der Waals surface area contributed by atoms with Crippen LogP contribution in [0.3, 0.4) is 0 Å². The molecule has 3 rings (SSSR count). The maximum absolute atomic E-state index is 12.8. The molecular formula is C20H24N2O2. The number of fused-ring (bicyclic) bond motifs is 1. The van der Waals surface area contributed by atoms with Crippen LogP contribution < -0.4 is 4.74 Å². The van der Waals surface area contributed by atoms with Gasteiger partial charge in [-0.15, -0.1) is 0 Å². The zero-order valence-corrected chi connectivity index (χ0v) is 14.5. The van der Waals surface area contributed by atoms with Crippen LogP contribution in [0.5, 0.6) is 5.75 Å². The lowest BCUT2D eigenvalue weighted by atomic mass is 9.95. The van der Waals surface area contributed by atoms with Gasteiger partial charge in [0.05, 0.1) is 12.6 Å². The maximum Gasteiger partial charge on any atom is 0.225 e. The quantitative estimate of drug-likeness (QED) is 0.844. The number of amides is 1. The van der Waals surface area contributed by atoms with Crippen molar-refractivity contribution in [3.8, 4) is 5.75 Å². The highest BCUT2D eigenvalue weighted by Gasteiger charge is 2.28. The zero-order valence-electron chi connectivity index (χ0n) is 14.5. The van der Waals surface area contributed by atoms with Gasteiger partial charge in [0.2, 0.25) is 5.91 Å². The van der Waals surface area contributed by atoms with E-state index in [2.05, 4.69) is 17.1 Å². The molecule has 1 atom stereocenters. The molecular weight excluding hydrogens is 300 g/mol. The van der Waals surface area contributed by atoms with Gasteiger partial charge in [0.1, 0.15) is 5.75 Å². The van der Waals surface area contributed by atoms with E-state index in [4.69, 9.17) is 4.74 Å². The van der Waals surface area contributed by atoms with E-state index in [1.54, 1.807) is 6.20 Å². The lowest BCUT2D eigenvalue weighted by Crippen LogP contribution is -2.38.